The number of carbonyl (C=O) groups is 1. The smallest absolute Gasteiger partial charge is 0.351 e. The van der Waals surface area contributed by atoms with Gasteiger partial charge in [0, 0.05) is 35.1 Å². The van der Waals surface area contributed by atoms with Crippen molar-refractivity contribution < 1.29 is 31.1 Å². The van der Waals surface area contributed by atoms with E-state index in [1.54, 1.807) is 36.5 Å². The quantitative estimate of drug-likeness (QED) is 0.382. The maximum Gasteiger partial charge on any atom is 0.416 e. The van der Waals surface area contributed by atoms with Crippen LogP contribution >= 0.6 is 11.6 Å². The molecule has 0 fully saturated rings. The molecule has 3 aromatic rings. The zero-order valence-corrected chi connectivity index (χ0v) is 18.7. The molecule has 0 radical (unpaired) electrons. The van der Waals surface area contributed by atoms with Crippen LogP contribution in [0.2, 0.25) is 5.02 Å². The molecule has 0 saturated carbocycles. The third kappa shape index (κ3) is 5.52. The lowest BCUT2D eigenvalue weighted by Gasteiger charge is -2.26. The normalized spacial score (nSPS) is 12.5. The molecule has 10 heteroatoms. The zero-order valence-electron chi connectivity index (χ0n) is 18.0. The van der Waals surface area contributed by atoms with E-state index in [0.29, 0.717) is 33.8 Å². The predicted molar refractivity (Wildman–Crippen MR) is 116 cm³/mol. The van der Waals surface area contributed by atoms with Crippen molar-refractivity contribution in [3.05, 3.63) is 88.2 Å². The molecule has 0 aliphatic carbocycles. The molecule has 0 aliphatic heterocycles. The Bertz CT molecular complexity index is 1170. The van der Waals surface area contributed by atoms with Gasteiger partial charge in [0.1, 0.15) is 0 Å². The van der Waals surface area contributed by atoms with Gasteiger partial charge >= 0.3 is 12.4 Å². The minimum Gasteiger partial charge on any atom is -0.351 e. The second-order valence-electron chi connectivity index (χ2n) is 8.11. The number of aromatic nitrogens is 1. The highest BCUT2D eigenvalue weighted by Gasteiger charge is 2.40. The van der Waals surface area contributed by atoms with Crippen LogP contribution in [0.25, 0.3) is 11.1 Å². The van der Waals surface area contributed by atoms with E-state index in [-0.39, 0.29) is 12.6 Å². The molecule has 0 spiro atoms. The number of rotatable bonds is 5. The Morgan fingerprint density at radius 1 is 0.882 bits per heavy atom. The Hall–Kier alpha value is -3.07. The lowest BCUT2D eigenvalue weighted by molar-refractivity contribution is -0.143. The minimum atomic E-state index is -5.01. The second kappa shape index (κ2) is 9.29. The van der Waals surface area contributed by atoms with Crippen LogP contribution in [0.3, 0.4) is 0 Å². The molecule has 34 heavy (non-hydrogen) atoms. The van der Waals surface area contributed by atoms with Crippen molar-refractivity contribution in [1.82, 2.24) is 10.3 Å². The number of hydrogen-bond acceptors (Lipinski definition) is 2. The number of nitrogens with one attached hydrogen (secondary N) is 1. The van der Waals surface area contributed by atoms with Crippen LogP contribution < -0.4 is 5.32 Å². The van der Waals surface area contributed by atoms with Gasteiger partial charge in [-0.25, -0.2) is 0 Å². The van der Waals surface area contributed by atoms with Gasteiger partial charge in [-0.15, -0.1) is 0 Å². The lowest BCUT2D eigenvalue weighted by Crippen LogP contribution is -2.40. The molecular formula is C24H19ClF6N2O. The van der Waals surface area contributed by atoms with Crippen molar-refractivity contribution in [2.24, 2.45) is 0 Å². The maximum absolute atomic E-state index is 13.2. The highest BCUT2D eigenvalue weighted by atomic mass is 35.5. The van der Waals surface area contributed by atoms with Gasteiger partial charge in [-0.1, -0.05) is 29.8 Å². The first kappa shape index (κ1) is 25.6. The molecule has 0 aliphatic rings. The van der Waals surface area contributed by atoms with E-state index in [4.69, 9.17) is 11.6 Å². The SMILES string of the molecule is CC(C)(C(=O)NCc1ccncc1-c1ccccc1Cl)c1cc(C(F)(F)F)cc(C(F)(F)F)c1. The first-order valence-electron chi connectivity index (χ1n) is 9.97. The highest BCUT2D eigenvalue weighted by molar-refractivity contribution is 6.33. The number of benzene rings is 2. The topological polar surface area (TPSA) is 42.0 Å². The van der Waals surface area contributed by atoms with E-state index >= 15 is 0 Å². The van der Waals surface area contributed by atoms with E-state index in [0.717, 1.165) is 0 Å². The summed E-state index contributed by atoms with van der Waals surface area (Å²) in [5, 5.41) is 3.06. The number of carbonyl (C=O) groups excluding carboxylic acids is 1. The van der Waals surface area contributed by atoms with Crippen LogP contribution in [0.1, 0.15) is 36.1 Å². The van der Waals surface area contributed by atoms with Crippen molar-refractivity contribution >= 4 is 17.5 Å². The summed E-state index contributed by atoms with van der Waals surface area (Å²) in [5.41, 5.74) is -3.15. The van der Waals surface area contributed by atoms with E-state index in [1.165, 1.54) is 20.0 Å². The molecule has 0 saturated heterocycles. The van der Waals surface area contributed by atoms with Gasteiger partial charge in [0.15, 0.2) is 0 Å². The predicted octanol–water partition coefficient (Wildman–Crippen LogP) is 7.03. The van der Waals surface area contributed by atoms with E-state index in [2.05, 4.69) is 10.3 Å². The molecule has 0 bridgehead atoms. The van der Waals surface area contributed by atoms with Gasteiger partial charge in [0.2, 0.25) is 5.91 Å². The number of alkyl halides is 6. The number of nitrogens with zero attached hydrogens (tertiary/aromatic N) is 1. The molecule has 1 amide bonds. The molecule has 1 heterocycles. The van der Waals surface area contributed by atoms with Crippen LogP contribution in [-0.2, 0) is 29.1 Å². The summed E-state index contributed by atoms with van der Waals surface area (Å²) >= 11 is 6.25. The summed E-state index contributed by atoms with van der Waals surface area (Å²) in [6.45, 7) is 2.48. The Morgan fingerprint density at radius 3 is 2.00 bits per heavy atom. The molecular weight excluding hydrogens is 482 g/mol. The summed E-state index contributed by atoms with van der Waals surface area (Å²) in [6.07, 6.45) is -6.97. The fourth-order valence-corrected chi connectivity index (χ4v) is 3.58. The Morgan fingerprint density at radius 2 is 1.44 bits per heavy atom. The first-order chi connectivity index (χ1) is 15.7. The number of halogens is 7. The van der Waals surface area contributed by atoms with E-state index < -0.39 is 40.4 Å². The van der Waals surface area contributed by atoms with Crippen LogP contribution in [0, 0.1) is 0 Å². The average Bonchev–Trinajstić information content (AvgIpc) is 2.76. The fourth-order valence-electron chi connectivity index (χ4n) is 3.34. The summed E-state index contributed by atoms with van der Waals surface area (Å²) in [4.78, 5) is 17.0. The average molecular weight is 501 g/mol. The molecule has 3 rings (SSSR count). The standard InChI is InChI=1S/C24H19ClF6N2O/c1-22(2,15-9-16(23(26,27)28)11-17(10-15)24(29,30)31)21(34)33-12-14-7-8-32-13-19(14)18-5-3-4-6-20(18)25/h3-11,13H,12H2,1-2H3,(H,33,34). The number of amides is 1. The van der Waals surface area contributed by atoms with Crippen molar-refractivity contribution in [1.29, 1.82) is 0 Å². The molecule has 0 unspecified atom stereocenters. The minimum absolute atomic E-state index is 0.0321. The molecule has 180 valence electrons. The summed E-state index contributed by atoms with van der Waals surface area (Å²) in [6, 6.07) is 9.76. The zero-order chi connectivity index (χ0) is 25.3. The Balaban J connectivity index is 1.92. The van der Waals surface area contributed by atoms with Gasteiger partial charge in [-0.3, -0.25) is 9.78 Å². The fraction of sp³-hybridized carbons (Fsp3) is 0.250. The van der Waals surface area contributed by atoms with Crippen LogP contribution in [0.15, 0.2) is 60.9 Å². The second-order valence-corrected chi connectivity index (χ2v) is 8.52. The summed E-state index contributed by atoms with van der Waals surface area (Å²) in [5.74, 6) is -0.748. The molecule has 0 atom stereocenters. The number of hydrogen-bond donors (Lipinski definition) is 1. The van der Waals surface area contributed by atoms with Crippen LogP contribution in [0.4, 0.5) is 26.3 Å². The van der Waals surface area contributed by atoms with E-state index in [1.807, 2.05) is 0 Å². The number of pyridine rings is 1. The summed E-state index contributed by atoms with van der Waals surface area (Å²) in [7, 11) is 0. The molecule has 3 nitrogen and oxygen atoms in total. The third-order valence-electron chi connectivity index (χ3n) is 5.39. The molecule has 2 aromatic carbocycles. The lowest BCUT2D eigenvalue weighted by atomic mass is 9.81. The third-order valence-corrected chi connectivity index (χ3v) is 5.72. The van der Waals surface area contributed by atoms with Crippen molar-refractivity contribution in [2.75, 3.05) is 0 Å². The monoisotopic (exact) mass is 500 g/mol. The molecule has 1 N–H and O–H groups in total. The van der Waals surface area contributed by atoms with Crippen LogP contribution in [-0.4, -0.2) is 10.9 Å². The summed E-state index contributed by atoms with van der Waals surface area (Å²) < 4.78 is 79.5. The van der Waals surface area contributed by atoms with E-state index in [9.17, 15) is 31.1 Å². The molecule has 1 aromatic heterocycles. The first-order valence-corrected chi connectivity index (χ1v) is 10.3. The largest absolute Gasteiger partial charge is 0.416 e. The van der Waals surface area contributed by atoms with Crippen molar-refractivity contribution in [2.45, 2.75) is 38.2 Å². The maximum atomic E-state index is 13.2. The van der Waals surface area contributed by atoms with Crippen molar-refractivity contribution in [3.63, 3.8) is 0 Å². The van der Waals surface area contributed by atoms with Gasteiger partial charge in [0.25, 0.3) is 0 Å². The Kier molecular flexibility index (Phi) is 6.98. The van der Waals surface area contributed by atoms with Gasteiger partial charge < -0.3 is 5.32 Å². The van der Waals surface area contributed by atoms with Crippen molar-refractivity contribution in [3.8, 4) is 11.1 Å². The van der Waals surface area contributed by atoms with Gasteiger partial charge in [0.05, 0.1) is 16.5 Å². The van der Waals surface area contributed by atoms with Gasteiger partial charge in [-0.2, -0.15) is 26.3 Å². The highest BCUT2D eigenvalue weighted by Crippen LogP contribution is 2.39. The van der Waals surface area contributed by atoms with Crippen LogP contribution in [0.5, 0.6) is 0 Å². The van der Waals surface area contributed by atoms with Gasteiger partial charge in [-0.05, 0) is 55.3 Å². The Labute approximate surface area is 196 Å².